The minimum absolute atomic E-state index is 0.0193. The Bertz CT molecular complexity index is 427. The first-order chi connectivity index (χ1) is 7.27. The lowest BCUT2D eigenvalue weighted by atomic mass is 10.2. The summed E-state index contributed by atoms with van der Waals surface area (Å²) in [4.78, 5) is 4.30. The van der Waals surface area contributed by atoms with Crippen LogP contribution in [-0.4, -0.2) is 15.2 Å². The van der Waals surface area contributed by atoms with Gasteiger partial charge in [0.25, 0.3) is 0 Å². The molecular weight excluding hydrogens is 228 g/mol. The highest BCUT2D eigenvalue weighted by atomic mass is 32.2. The van der Waals surface area contributed by atoms with Gasteiger partial charge in [0.1, 0.15) is 10.5 Å². The second-order valence-corrected chi connectivity index (χ2v) is 5.06. The van der Waals surface area contributed by atoms with Crippen LogP contribution in [0.3, 0.4) is 0 Å². The minimum atomic E-state index is -0.0193. The molecule has 0 bridgehead atoms. The maximum atomic E-state index is 5.86. The molecule has 0 aliphatic carbocycles. The van der Waals surface area contributed by atoms with E-state index >= 15 is 0 Å². The van der Waals surface area contributed by atoms with Crippen molar-refractivity contribution in [3.8, 4) is 0 Å². The van der Waals surface area contributed by atoms with Crippen LogP contribution in [0.5, 0.6) is 0 Å². The lowest BCUT2D eigenvalue weighted by Crippen LogP contribution is -2.06. The summed E-state index contributed by atoms with van der Waals surface area (Å²) >= 11 is 3.00. The average molecular weight is 238 g/mol. The van der Waals surface area contributed by atoms with Gasteiger partial charge < -0.3 is 5.73 Å². The van der Waals surface area contributed by atoms with E-state index in [-0.39, 0.29) is 6.04 Å². The van der Waals surface area contributed by atoms with E-state index in [1.165, 1.54) is 23.1 Å². The molecule has 0 fully saturated rings. The van der Waals surface area contributed by atoms with Gasteiger partial charge >= 0.3 is 0 Å². The molecule has 1 atom stereocenters. The molecule has 2 heterocycles. The lowest BCUT2D eigenvalue weighted by Gasteiger charge is -2.08. The van der Waals surface area contributed by atoms with Gasteiger partial charge in [-0.3, -0.25) is 0 Å². The zero-order chi connectivity index (χ0) is 10.7. The van der Waals surface area contributed by atoms with Crippen molar-refractivity contribution >= 4 is 23.1 Å². The molecule has 2 aromatic rings. The molecule has 0 aliphatic rings. The Kier molecular flexibility index (Phi) is 3.30. The molecular formula is C9H10N4S2. The molecule has 2 N–H and O–H groups in total. The fourth-order valence-electron chi connectivity index (χ4n) is 1.13. The first kappa shape index (κ1) is 10.5. The normalized spacial score (nSPS) is 12.7. The summed E-state index contributed by atoms with van der Waals surface area (Å²) in [5, 5.41) is 8.65. The molecule has 0 saturated heterocycles. The number of aromatic nitrogens is 3. The lowest BCUT2D eigenvalue weighted by molar-refractivity contribution is 0.779. The van der Waals surface area contributed by atoms with E-state index in [1.54, 1.807) is 11.7 Å². The first-order valence-electron chi connectivity index (χ1n) is 4.42. The molecule has 0 radical (unpaired) electrons. The van der Waals surface area contributed by atoms with E-state index in [0.29, 0.717) is 0 Å². The van der Waals surface area contributed by atoms with Gasteiger partial charge in [-0.15, -0.1) is 10.2 Å². The van der Waals surface area contributed by atoms with E-state index < -0.39 is 0 Å². The maximum absolute atomic E-state index is 5.86. The van der Waals surface area contributed by atoms with Crippen molar-refractivity contribution < 1.29 is 0 Å². The van der Waals surface area contributed by atoms with Gasteiger partial charge in [0.15, 0.2) is 4.34 Å². The van der Waals surface area contributed by atoms with Crippen molar-refractivity contribution in [2.75, 3.05) is 0 Å². The SMILES string of the molecule is CC(N)c1cccnc1Sc1nncs1. The van der Waals surface area contributed by atoms with E-state index in [9.17, 15) is 0 Å². The van der Waals surface area contributed by atoms with Crippen molar-refractivity contribution in [3.63, 3.8) is 0 Å². The van der Waals surface area contributed by atoms with Crippen LogP contribution >= 0.6 is 23.1 Å². The summed E-state index contributed by atoms with van der Waals surface area (Å²) in [5.41, 5.74) is 8.60. The third-order valence-corrected chi connectivity index (χ3v) is 3.63. The van der Waals surface area contributed by atoms with E-state index in [1.807, 2.05) is 19.1 Å². The Morgan fingerprint density at radius 1 is 1.53 bits per heavy atom. The van der Waals surface area contributed by atoms with Crippen molar-refractivity contribution in [2.45, 2.75) is 22.3 Å². The van der Waals surface area contributed by atoms with Crippen molar-refractivity contribution in [2.24, 2.45) is 5.73 Å². The summed E-state index contributed by atoms with van der Waals surface area (Å²) in [7, 11) is 0. The monoisotopic (exact) mass is 238 g/mol. The van der Waals surface area contributed by atoms with Gasteiger partial charge in [0.2, 0.25) is 0 Å². The zero-order valence-corrected chi connectivity index (χ0v) is 9.76. The van der Waals surface area contributed by atoms with Gasteiger partial charge in [0, 0.05) is 17.8 Å². The Labute approximate surface area is 95.9 Å². The number of hydrogen-bond acceptors (Lipinski definition) is 6. The molecule has 4 nitrogen and oxygen atoms in total. The fraction of sp³-hybridized carbons (Fsp3) is 0.222. The van der Waals surface area contributed by atoms with E-state index in [4.69, 9.17) is 5.73 Å². The highest BCUT2D eigenvalue weighted by Gasteiger charge is 2.10. The van der Waals surface area contributed by atoms with Gasteiger partial charge in [-0.05, 0) is 24.8 Å². The largest absolute Gasteiger partial charge is 0.324 e. The van der Waals surface area contributed by atoms with Gasteiger partial charge in [-0.2, -0.15) is 0 Å². The standard InChI is InChI=1S/C9H10N4S2/c1-6(10)7-3-2-4-11-8(7)15-9-13-12-5-14-9/h2-6H,10H2,1H3. The van der Waals surface area contributed by atoms with Crippen LogP contribution in [0.1, 0.15) is 18.5 Å². The van der Waals surface area contributed by atoms with E-state index in [2.05, 4.69) is 15.2 Å². The Morgan fingerprint density at radius 2 is 2.40 bits per heavy atom. The maximum Gasteiger partial charge on any atom is 0.180 e. The van der Waals surface area contributed by atoms with Crippen LogP contribution in [0.25, 0.3) is 0 Å². The number of rotatable bonds is 3. The molecule has 0 saturated carbocycles. The number of nitrogens with zero attached hydrogens (tertiary/aromatic N) is 3. The van der Waals surface area contributed by atoms with Crippen LogP contribution in [0.4, 0.5) is 0 Å². The van der Waals surface area contributed by atoms with Gasteiger partial charge in [0.05, 0.1) is 0 Å². The number of pyridine rings is 1. The predicted molar refractivity (Wildman–Crippen MR) is 60.9 cm³/mol. The molecule has 0 spiro atoms. The molecule has 2 rings (SSSR count). The van der Waals surface area contributed by atoms with Crippen LogP contribution < -0.4 is 5.73 Å². The summed E-state index contributed by atoms with van der Waals surface area (Å²) in [6.07, 6.45) is 1.76. The first-order valence-corrected chi connectivity index (χ1v) is 6.11. The third-order valence-electron chi connectivity index (χ3n) is 1.82. The average Bonchev–Trinajstić information content (AvgIpc) is 2.71. The molecule has 0 aromatic carbocycles. The van der Waals surface area contributed by atoms with Crippen molar-refractivity contribution in [1.29, 1.82) is 0 Å². The summed E-state index contributed by atoms with van der Waals surface area (Å²) in [6.45, 7) is 1.95. The molecule has 1 unspecified atom stereocenters. The Balaban J connectivity index is 2.28. The van der Waals surface area contributed by atoms with Crippen LogP contribution in [0.2, 0.25) is 0 Å². The summed E-state index contributed by atoms with van der Waals surface area (Å²) in [6, 6.07) is 3.86. The molecule has 78 valence electrons. The van der Waals surface area contributed by atoms with Crippen LogP contribution in [0.15, 0.2) is 33.2 Å². The smallest absolute Gasteiger partial charge is 0.180 e. The molecule has 6 heteroatoms. The number of nitrogens with two attached hydrogens (primary N) is 1. The highest BCUT2D eigenvalue weighted by Crippen LogP contribution is 2.31. The zero-order valence-electron chi connectivity index (χ0n) is 8.12. The Hall–Kier alpha value is -0.980. The van der Waals surface area contributed by atoms with E-state index in [0.717, 1.165) is 14.9 Å². The highest BCUT2D eigenvalue weighted by molar-refractivity contribution is 8.01. The quantitative estimate of drug-likeness (QED) is 0.887. The van der Waals surface area contributed by atoms with Crippen LogP contribution in [-0.2, 0) is 0 Å². The molecule has 15 heavy (non-hydrogen) atoms. The van der Waals surface area contributed by atoms with Crippen molar-refractivity contribution in [1.82, 2.24) is 15.2 Å². The summed E-state index contributed by atoms with van der Waals surface area (Å²) in [5.74, 6) is 0. The number of hydrogen-bond donors (Lipinski definition) is 1. The summed E-state index contributed by atoms with van der Waals surface area (Å²) < 4.78 is 0.885. The molecule has 0 aliphatic heterocycles. The topological polar surface area (TPSA) is 64.7 Å². The second kappa shape index (κ2) is 4.69. The van der Waals surface area contributed by atoms with Gasteiger partial charge in [-0.1, -0.05) is 17.4 Å². The fourth-order valence-corrected chi connectivity index (χ4v) is 2.70. The second-order valence-electron chi connectivity index (χ2n) is 2.99. The van der Waals surface area contributed by atoms with Gasteiger partial charge in [-0.25, -0.2) is 4.98 Å². The Morgan fingerprint density at radius 3 is 3.07 bits per heavy atom. The van der Waals surface area contributed by atoms with Crippen LogP contribution in [0, 0.1) is 0 Å². The third kappa shape index (κ3) is 2.53. The minimum Gasteiger partial charge on any atom is -0.324 e. The molecule has 0 amide bonds. The predicted octanol–water partition coefficient (Wildman–Crippen LogP) is 2.10. The molecule has 2 aromatic heterocycles. The van der Waals surface area contributed by atoms with Crippen molar-refractivity contribution in [3.05, 3.63) is 29.4 Å².